The SMILES string of the molecule is Cc1cc(CN2CCCC(NC(=O)OC(C)(C)C)C2)c(F)cc1Br. The number of alkyl carbamates (subject to hydrolysis) is 1. The average Bonchev–Trinajstić information content (AvgIpc) is 2.43. The monoisotopic (exact) mass is 400 g/mol. The number of likely N-dealkylation sites (tertiary alicyclic amines) is 1. The van der Waals surface area contributed by atoms with Crippen molar-refractivity contribution in [2.24, 2.45) is 0 Å². The van der Waals surface area contributed by atoms with E-state index in [1.54, 1.807) is 0 Å². The van der Waals surface area contributed by atoms with Gasteiger partial charge in [0.25, 0.3) is 0 Å². The van der Waals surface area contributed by atoms with Crippen molar-refractivity contribution in [2.75, 3.05) is 13.1 Å². The lowest BCUT2D eigenvalue weighted by Gasteiger charge is -2.33. The van der Waals surface area contributed by atoms with Gasteiger partial charge >= 0.3 is 6.09 Å². The van der Waals surface area contributed by atoms with Crippen molar-refractivity contribution in [1.82, 2.24) is 10.2 Å². The van der Waals surface area contributed by atoms with Crippen molar-refractivity contribution in [3.63, 3.8) is 0 Å². The number of nitrogens with one attached hydrogen (secondary N) is 1. The number of carbonyl (C=O) groups is 1. The molecule has 1 aromatic rings. The Morgan fingerprint density at radius 2 is 2.17 bits per heavy atom. The van der Waals surface area contributed by atoms with Gasteiger partial charge in [-0.25, -0.2) is 9.18 Å². The molecule has 0 spiro atoms. The summed E-state index contributed by atoms with van der Waals surface area (Å²) < 4.78 is 20.2. The lowest BCUT2D eigenvalue weighted by atomic mass is 10.0. The topological polar surface area (TPSA) is 41.6 Å². The van der Waals surface area contributed by atoms with Gasteiger partial charge in [-0.3, -0.25) is 4.90 Å². The number of halogens is 2. The molecule has 0 aromatic heterocycles. The maximum absolute atomic E-state index is 14.1. The zero-order valence-electron chi connectivity index (χ0n) is 14.8. The number of aryl methyl sites for hydroxylation is 1. The van der Waals surface area contributed by atoms with Crippen molar-refractivity contribution < 1.29 is 13.9 Å². The summed E-state index contributed by atoms with van der Waals surface area (Å²) in [6, 6.07) is 3.43. The number of carbonyl (C=O) groups excluding carboxylic acids is 1. The van der Waals surface area contributed by atoms with Crippen LogP contribution in [0.1, 0.15) is 44.7 Å². The standard InChI is InChI=1S/C18H26BrFN2O2/c1-12-8-13(16(20)9-15(12)19)10-22-7-5-6-14(11-22)21-17(23)24-18(2,3)4/h8-9,14H,5-7,10-11H2,1-4H3,(H,21,23). The van der Waals surface area contributed by atoms with Gasteiger partial charge in [-0.1, -0.05) is 22.0 Å². The molecule has 1 heterocycles. The number of rotatable bonds is 3. The molecule has 1 unspecified atom stereocenters. The highest BCUT2D eigenvalue weighted by atomic mass is 79.9. The van der Waals surface area contributed by atoms with Crippen molar-refractivity contribution in [2.45, 2.75) is 58.7 Å². The first-order chi connectivity index (χ1) is 11.1. The third-order valence-electron chi connectivity index (χ3n) is 3.95. The summed E-state index contributed by atoms with van der Waals surface area (Å²) in [5.41, 5.74) is 1.21. The quantitative estimate of drug-likeness (QED) is 0.817. The van der Waals surface area contributed by atoms with Gasteiger partial charge in [0.15, 0.2) is 0 Å². The van der Waals surface area contributed by atoms with E-state index in [1.165, 1.54) is 6.07 Å². The predicted molar refractivity (Wildman–Crippen MR) is 96.5 cm³/mol. The molecule has 1 aliphatic heterocycles. The second-order valence-corrected chi connectivity index (χ2v) is 8.27. The lowest BCUT2D eigenvalue weighted by Crippen LogP contribution is -2.48. The van der Waals surface area contributed by atoms with Crippen LogP contribution in [0.4, 0.5) is 9.18 Å². The molecule has 1 saturated heterocycles. The van der Waals surface area contributed by atoms with Crippen LogP contribution in [0.2, 0.25) is 0 Å². The minimum Gasteiger partial charge on any atom is -0.444 e. The zero-order valence-corrected chi connectivity index (χ0v) is 16.4. The van der Waals surface area contributed by atoms with Crippen molar-refractivity contribution >= 4 is 22.0 Å². The molecule has 0 bridgehead atoms. The average molecular weight is 401 g/mol. The molecule has 1 aliphatic rings. The number of hydrogen-bond acceptors (Lipinski definition) is 3. The van der Waals surface area contributed by atoms with Gasteiger partial charge in [0.05, 0.1) is 0 Å². The third kappa shape index (κ3) is 5.74. The van der Waals surface area contributed by atoms with Crippen LogP contribution in [0.5, 0.6) is 0 Å². The van der Waals surface area contributed by atoms with Crippen LogP contribution in [0.3, 0.4) is 0 Å². The Labute approximate surface area is 151 Å². The van der Waals surface area contributed by atoms with Gasteiger partial charge in [0, 0.05) is 29.2 Å². The Bertz CT molecular complexity index is 601. The minimum atomic E-state index is -0.503. The molecule has 24 heavy (non-hydrogen) atoms. The van der Waals surface area contributed by atoms with E-state index in [0.717, 1.165) is 29.4 Å². The molecular formula is C18H26BrFN2O2. The first-order valence-corrected chi connectivity index (χ1v) is 9.10. The third-order valence-corrected chi connectivity index (χ3v) is 4.80. The molecule has 1 fully saturated rings. The summed E-state index contributed by atoms with van der Waals surface area (Å²) in [7, 11) is 0. The van der Waals surface area contributed by atoms with E-state index in [9.17, 15) is 9.18 Å². The Balaban J connectivity index is 1.94. The number of hydrogen-bond donors (Lipinski definition) is 1. The van der Waals surface area contributed by atoms with Crippen LogP contribution in [-0.4, -0.2) is 35.7 Å². The fourth-order valence-electron chi connectivity index (χ4n) is 2.87. The number of ether oxygens (including phenoxy) is 1. The largest absolute Gasteiger partial charge is 0.444 e. The molecule has 0 radical (unpaired) electrons. The van der Waals surface area contributed by atoms with Crippen LogP contribution in [0.25, 0.3) is 0 Å². The zero-order chi connectivity index (χ0) is 17.9. The van der Waals surface area contributed by atoms with Crippen molar-refractivity contribution in [3.8, 4) is 0 Å². The highest BCUT2D eigenvalue weighted by Gasteiger charge is 2.24. The van der Waals surface area contributed by atoms with E-state index in [0.29, 0.717) is 18.7 Å². The molecule has 0 saturated carbocycles. The summed E-state index contributed by atoms with van der Waals surface area (Å²) in [4.78, 5) is 14.1. The minimum absolute atomic E-state index is 0.0354. The summed E-state index contributed by atoms with van der Waals surface area (Å²) in [6.45, 7) is 9.65. The van der Waals surface area contributed by atoms with E-state index < -0.39 is 5.60 Å². The van der Waals surface area contributed by atoms with Crippen LogP contribution in [0.15, 0.2) is 16.6 Å². The van der Waals surface area contributed by atoms with E-state index in [1.807, 2.05) is 33.8 Å². The summed E-state index contributed by atoms with van der Waals surface area (Å²) in [6.07, 6.45) is 1.50. The number of piperidine rings is 1. The molecule has 134 valence electrons. The smallest absolute Gasteiger partial charge is 0.407 e. The van der Waals surface area contributed by atoms with E-state index >= 15 is 0 Å². The van der Waals surface area contributed by atoms with Gasteiger partial charge in [0.2, 0.25) is 0 Å². The van der Waals surface area contributed by atoms with Crippen molar-refractivity contribution in [1.29, 1.82) is 0 Å². The molecule has 2 rings (SSSR count). The van der Waals surface area contributed by atoms with Crippen molar-refractivity contribution in [3.05, 3.63) is 33.5 Å². The number of amides is 1. The predicted octanol–water partition coefficient (Wildman–Crippen LogP) is 4.39. The fraction of sp³-hybridized carbons (Fsp3) is 0.611. The Hall–Kier alpha value is -1.14. The van der Waals surface area contributed by atoms with Crippen LogP contribution >= 0.6 is 15.9 Å². The molecule has 1 amide bonds. The Morgan fingerprint density at radius 3 is 2.83 bits per heavy atom. The second-order valence-electron chi connectivity index (χ2n) is 7.41. The lowest BCUT2D eigenvalue weighted by molar-refractivity contribution is 0.0470. The first kappa shape index (κ1) is 19.2. The number of nitrogens with zero attached hydrogens (tertiary/aromatic N) is 1. The molecular weight excluding hydrogens is 375 g/mol. The van der Waals surface area contributed by atoms with E-state index in [2.05, 4.69) is 26.1 Å². The molecule has 0 aliphatic carbocycles. The van der Waals surface area contributed by atoms with Gasteiger partial charge < -0.3 is 10.1 Å². The Kier molecular flexibility index (Phi) is 6.26. The molecule has 6 heteroatoms. The van der Waals surface area contributed by atoms with E-state index in [-0.39, 0.29) is 18.0 Å². The summed E-state index contributed by atoms with van der Waals surface area (Å²) in [5, 5.41) is 2.92. The molecule has 1 atom stereocenters. The van der Waals surface area contributed by atoms with Crippen LogP contribution in [-0.2, 0) is 11.3 Å². The molecule has 1 N–H and O–H groups in total. The summed E-state index contributed by atoms with van der Waals surface area (Å²) in [5.74, 6) is -0.199. The highest BCUT2D eigenvalue weighted by Crippen LogP contribution is 2.23. The highest BCUT2D eigenvalue weighted by molar-refractivity contribution is 9.10. The second kappa shape index (κ2) is 7.83. The first-order valence-electron chi connectivity index (χ1n) is 8.30. The van der Waals surface area contributed by atoms with Crippen LogP contribution < -0.4 is 5.32 Å². The maximum atomic E-state index is 14.1. The Morgan fingerprint density at radius 1 is 1.46 bits per heavy atom. The van der Waals surface area contributed by atoms with Gasteiger partial charge in [0.1, 0.15) is 11.4 Å². The van der Waals surface area contributed by atoms with Crippen LogP contribution in [0, 0.1) is 12.7 Å². The maximum Gasteiger partial charge on any atom is 0.407 e. The fourth-order valence-corrected chi connectivity index (χ4v) is 3.19. The molecule has 4 nitrogen and oxygen atoms in total. The van der Waals surface area contributed by atoms with Gasteiger partial charge in [-0.15, -0.1) is 0 Å². The number of benzene rings is 1. The van der Waals surface area contributed by atoms with E-state index in [4.69, 9.17) is 4.74 Å². The normalized spacial score (nSPS) is 19.2. The van der Waals surface area contributed by atoms with Gasteiger partial charge in [-0.05, 0) is 58.7 Å². The summed E-state index contributed by atoms with van der Waals surface area (Å²) >= 11 is 3.35. The molecule has 1 aromatic carbocycles. The van der Waals surface area contributed by atoms with Gasteiger partial charge in [-0.2, -0.15) is 0 Å².